The van der Waals surface area contributed by atoms with Gasteiger partial charge in [-0.15, -0.1) is 0 Å². The Balaban J connectivity index is 1.43. The molecule has 182 valence electrons. The zero-order valence-electron chi connectivity index (χ0n) is 20.3. The summed E-state index contributed by atoms with van der Waals surface area (Å²) in [4.78, 5) is 24.2. The number of aromatic nitrogens is 3. The number of anilines is 1. The van der Waals surface area contributed by atoms with Gasteiger partial charge in [-0.3, -0.25) is 9.78 Å². The van der Waals surface area contributed by atoms with Gasteiger partial charge in [0.05, 0.1) is 17.8 Å². The van der Waals surface area contributed by atoms with Crippen molar-refractivity contribution < 1.29 is 4.79 Å². The number of hydrogen-bond donors (Lipinski definition) is 2. The van der Waals surface area contributed by atoms with Crippen molar-refractivity contribution in [2.24, 2.45) is 0 Å². The summed E-state index contributed by atoms with van der Waals surface area (Å²) < 4.78 is 2.07. The molecule has 7 nitrogen and oxygen atoms in total. The van der Waals surface area contributed by atoms with E-state index in [1.54, 1.807) is 12.4 Å². The Morgan fingerprint density at radius 3 is 2.58 bits per heavy atom. The van der Waals surface area contributed by atoms with Crippen LogP contribution in [-0.2, 0) is 4.79 Å². The largest absolute Gasteiger partial charge is 0.352 e. The van der Waals surface area contributed by atoms with Crippen LogP contribution >= 0.6 is 12.2 Å². The van der Waals surface area contributed by atoms with E-state index in [0.717, 1.165) is 34.0 Å². The molecule has 2 N–H and O–H groups in total. The van der Waals surface area contributed by atoms with Gasteiger partial charge in [-0.2, -0.15) is 0 Å². The molecule has 2 atom stereocenters. The van der Waals surface area contributed by atoms with Crippen molar-refractivity contribution >= 4 is 28.9 Å². The number of rotatable bonds is 7. The second kappa shape index (κ2) is 10.3. The Labute approximate surface area is 216 Å². The zero-order valence-corrected chi connectivity index (χ0v) is 21.1. The first-order chi connectivity index (χ1) is 17.5. The standard InChI is InChI=1S/C28H28N6OS/c1-19-11-12-20(2)22(18-19)31-25(35)13-17-34-27(26(32-28(34)36)21-8-3-5-14-29-21)23-9-7-16-33(23)24-10-4-6-15-30-24/h3-12,14-16,18,26-27H,13,17H2,1-2H3,(H,31,35)(H,32,36). The molecule has 1 aliphatic heterocycles. The average molecular weight is 497 g/mol. The third-order valence-electron chi connectivity index (χ3n) is 6.42. The molecule has 0 spiro atoms. The maximum Gasteiger partial charge on any atom is 0.226 e. The first-order valence-corrected chi connectivity index (χ1v) is 12.4. The number of carbonyl (C=O) groups excluding carboxylic acids is 1. The molecule has 1 fully saturated rings. The number of amides is 1. The fraction of sp³-hybridized carbons (Fsp3) is 0.214. The molecule has 0 aliphatic carbocycles. The number of nitrogens with one attached hydrogen (secondary N) is 2. The van der Waals surface area contributed by atoms with Gasteiger partial charge in [0.1, 0.15) is 5.82 Å². The Bertz CT molecular complexity index is 1370. The van der Waals surface area contributed by atoms with Gasteiger partial charge in [0.15, 0.2) is 5.11 Å². The van der Waals surface area contributed by atoms with E-state index in [0.29, 0.717) is 18.1 Å². The minimum absolute atomic E-state index is 0.0494. The molecular weight excluding hydrogens is 468 g/mol. The lowest BCUT2D eigenvalue weighted by molar-refractivity contribution is -0.116. The summed E-state index contributed by atoms with van der Waals surface area (Å²) in [7, 11) is 0. The van der Waals surface area contributed by atoms with E-state index >= 15 is 0 Å². The van der Waals surface area contributed by atoms with Gasteiger partial charge < -0.3 is 20.1 Å². The topological polar surface area (TPSA) is 75.1 Å². The van der Waals surface area contributed by atoms with Gasteiger partial charge in [-0.1, -0.05) is 24.3 Å². The van der Waals surface area contributed by atoms with Crippen LogP contribution in [0.5, 0.6) is 0 Å². The molecule has 8 heteroatoms. The summed E-state index contributed by atoms with van der Waals surface area (Å²) >= 11 is 5.78. The summed E-state index contributed by atoms with van der Waals surface area (Å²) in [6.07, 6.45) is 5.86. The van der Waals surface area contributed by atoms with Crippen LogP contribution in [0.2, 0.25) is 0 Å². The van der Waals surface area contributed by atoms with Crippen LogP contribution in [0.15, 0.2) is 85.3 Å². The average Bonchev–Trinajstić information content (AvgIpc) is 3.50. The van der Waals surface area contributed by atoms with Gasteiger partial charge in [0.25, 0.3) is 0 Å². The van der Waals surface area contributed by atoms with E-state index in [9.17, 15) is 4.79 Å². The lowest BCUT2D eigenvalue weighted by atomic mass is 10.0. The second-order valence-electron chi connectivity index (χ2n) is 8.93. The smallest absolute Gasteiger partial charge is 0.226 e. The first-order valence-electron chi connectivity index (χ1n) is 11.9. The van der Waals surface area contributed by atoms with E-state index in [4.69, 9.17) is 12.2 Å². The Hall–Kier alpha value is -4.04. The van der Waals surface area contributed by atoms with Crippen LogP contribution in [0.3, 0.4) is 0 Å². The minimum atomic E-state index is -0.169. The highest BCUT2D eigenvalue weighted by Crippen LogP contribution is 2.39. The van der Waals surface area contributed by atoms with Gasteiger partial charge >= 0.3 is 0 Å². The molecule has 1 aromatic carbocycles. The fourth-order valence-corrected chi connectivity index (χ4v) is 4.94. The quantitative estimate of drug-likeness (QED) is 0.355. The molecule has 4 heterocycles. The Kier molecular flexibility index (Phi) is 6.77. The van der Waals surface area contributed by atoms with Crippen molar-refractivity contribution in [3.63, 3.8) is 0 Å². The predicted octanol–water partition coefficient (Wildman–Crippen LogP) is 4.89. The van der Waals surface area contributed by atoms with Crippen molar-refractivity contribution in [2.75, 3.05) is 11.9 Å². The van der Waals surface area contributed by atoms with Crippen molar-refractivity contribution in [3.05, 3.63) is 108 Å². The SMILES string of the molecule is Cc1ccc(C)c(NC(=O)CCN2C(=S)NC(c3ccccn3)C2c2cccn2-c2ccccn2)c1. The molecule has 0 bridgehead atoms. The fourth-order valence-electron chi connectivity index (χ4n) is 4.61. The molecule has 0 saturated carbocycles. The third-order valence-corrected chi connectivity index (χ3v) is 6.78. The van der Waals surface area contributed by atoms with Crippen LogP contribution < -0.4 is 10.6 Å². The Morgan fingerprint density at radius 1 is 1.03 bits per heavy atom. The highest BCUT2D eigenvalue weighted by atomic mass is 32.1. The van der Waals surface area contributed by atoms with E-state index in [2.05, 4.69) is 36.1 Å². The molecule has 36 heavy (non-hydrogen) atoms. The number of thiocarbonyl (C=S) groups is 1. The summed E-state index contributed by atoms with van der Waals surface area (Å²) in [6, 6.07) is 21.5. The van der Waals surface area contributed by atoms with Crippen molar-refractivity contribution in [1.29, 1.82) is 0 Å². The second-order valence-corrected chi connectivity index (χ2v) is 9.31. The van der Waals surface area contributed by atoms with Crippen LogP contribution in [0.4, 0.5) is 5.69 Å². The highest BCUT2D eigenvalue weighted by molar-refractivity contribution is 7.80. The third kappa shape index (κ3) is 4.85. The van der Waals surface area contributed by atoms with E-state index < -0.39 is 0 Å². The van der Waals surface area contributed by atoms with Crippen molar-refractivity contribution in [2.45, 2.75) is 32.4 Å². The zero-order chi connectivity index (χ0) is 25.1. The molecule has 1 saturated heterocycles. The van der Waals surface area contributed by atoms with E-state index in [-0.39, 0.29) is 18.0 Å². The maximum atomic E-state index is 12.9. The number of nitrogens with zero attached hydrogens (tertiary/aromatic N) is 4. The number of hydrogen-bond acceptors (Lipinski definition) is 4. The first kappa shape index (κ1) is 23.7. The summed E-state index contributed by atoms with van der Waals surface area (Å²) in [5.41, 5.74) is 4.89. The van der Waals surface area contributed by atoms with Crippen LogP contribution in [0, 0.1) is 13.8 Å². The highest BCUT2D eigenvalue weighted by Gasteiger charge is 2.41. The summed E-state index contributed by atoms with van der Waals surface area (Å²) in [5, 5.41) is 7.12. The monoisotopic (exact) mass is 496 g/mol. The van der Waals surface area contributed by atoms with Crippen molar-refractivity contribution in [1.82, 2.24) is 24.8 Å². The molecule has 1 amide bonds. The van der Waals surface area contributed by atoms with Gasteiger partial charge in [0.2, 0.25) is 5.91 Å². The van der Waals surface area contributed by atoms with E-state index in [1.807, 2.05) is 80.7 Å². The molecule has 4 aromatic rings. The molecule has 5 rings (SSSR count). The number of carbonyl (C=O) groups is 1. The van der Waals surface area contributed by atoms with Gasteiger partial charge in [0, 0.05) is 42.9 Å². The predicted molar refractivity (Wildman–Crippen MR) is 145 cm³/mol. The summed E-state index contributed by atoms with van der Waals surface area (Å²) in [6.45, 7) is 4.47. The maximum absolute atomic E-state index is 12.9. The van der Waals surface area contributed by atoms with Crippen LogP contribution in [0.1, 0.15) is 41.0 Å². The molecule has 1 aliphatic rings. The van der Waals surface area contributed by atoms with Gasteiger partial charge in [-0.25, -0.2) is 4.98 Å². The molecule has 2 unspecified atom stereocenters. The normalized spacial score (nSPS) is 17.2. The lowest BCUT2D eigenvalue weighted by Crippen LogP contribution is -2.33. The van der Waals surface area contributed by atoms with Crippen LogP contribution in [-0.4, -0.2) is 37.0 Å². The lowest BCUT2D eigenvalue weighted by Gasteiger charge is -2.28. The summed E-state index contributed by atoms with van der Waals surface area (Å²) in [5.74, 6) is 0.773. The van der Waals surface area contributed by atoms with Crippen LogP contribution in [0.25, 0.3) is 5.82 Å². The van der Waals surface area contributed by atoms with Gasteiger partial charge in [-0.05, 0) is 79.7 Å². The van der Waals surface area contributed by atoms with E-state index in [1.165, 1.54) is 0 Å². The van der Waals surface area contributed by atoms with Crippen molar-refractivity contribution in [3.8, 4) is 5.82 Å². The number of pyridine rings is 2. The number of benzene rings is 1. The molecular formula is C28H28N6OS. The Morgan fingerprint density at radius 2 is 1.83 bits per heavy atom. The number of aryl methyl sites for hydroxylation is 2. The molecule has 0 radical (unpaired) electrons. The molecule has 3 aromatic heterocycles. The minimum Gasteiger partial charge on any atom is -0.352 e.